The summed E-state index contributed by atoms with van der Waals surface area (Å²) in [7, 11) is 0. The molecule has 0 heterocycles. The van der Waals surface area contributed by atoms with Gasteiger partial charge in [-0.25, -0.2) is 0 Å². The quantitative estimate of drug-likeness (QED) is 0.662. The second-order valence-corrected chi connectivity index (χ2v) is 7.35. The minimum Gasteiger partial charge on any atom is -0.312 e. The van der Waals surface area contributed by atoms with Crippen LogP contribution in [0.15, 0.2) is 0 Å². The van der Waals surface area contributed by atoms with E-state index in [-0.39, 0.29) is 5.54 Å². The maximum Gasteiger partial charge on any atom is 0.00965 e. The molecule has 18 heavy (non-hydrogen) atoms. The van der Waals surface area contributed by atoms with Gasteiger partial charge in [-0.1, -0.05) is 13.8 Å². The van der Waals surface area contributed by atoms with Gasteiger partial charge in [-0.15, -0.1) is 0 Å². The lowest BCUT2D eigenvalue weighted by molar-refractivity contribution is 0.136. The number of nitrogens with zero attached hydrogens (tertiary/aromatic N) is 1. The molecule has 0 aliphatic rings. The Hall–Kier alpha value is -0.0800. The number of hydrogen-bond donors (Lipinski definition) is 1. The molecule has 0 aliphatic heterocycles. The molecular weight excluding hydrogens is 220 g/mol. The van der Waals surface area contributed by atoms with Gasteiger partial charge in [0, 0.05) is 24.2 Å². The fourth-order valence-electron chi connectivity index (χ4n) is 2.35. The van der Waals surface area contributed by atoms with E-state index in [0.29, 0.717) is 12.1 Å². The van der Waals surface area contributed by atoms with Crippen LogP contribution in [0.1, 0.15) is 68.2 Å². The first kappa shape index (κ1) is 17.9. The third kappa shape index (κ3) is 8.93. The van der Waals surface area contributed by atoms with E-state index >= 15 is 0 Å². The highest BCUT2D eigenvalue weighted by Gasteiger charge is 2.18. The van der Waals surface area contributed by atoms with Crippen molar-refractivity contribution in [1.29, 1.82) is 0 Å². The number of hydrogen-bond acceptors (Lipinski definition) is 2. The first-order chi connectivity index (χ1) is 8.13. The van der Waals surface area contributed by atoms with Crippen molar-refractivity contribution in [2.24, 2.45) is 5.92 Å². The first-order valence-corrected chi connectivity index (χ1v) is 7.64. The topological polar surface area (TPSA) is 15.3 Å². The normalized spacial score (nSPS) is 14.8. The monoisotopic (exact) mass is 256 g/mol. The molecule has 0 spiro atoms. The summed E-state index contributed by atoms with van der Waals surface area (Å²) in [6.07, 6.45) is 2.55. The van der Waals surface area contributed by atoms with Crippen LogP contribution in [-0.4, -0.2) is 35.6 Å². The lowest BCUT2D eigenvalue weighted by Gasteiger charge is -2.34. The lowest BCUT2D eigenvalue weighted by Crippen LogP contribution is -2.42. The average Bonchev–Trinajstić information content (AvgIpc) is 2.18. The first-order valence-electron chi connectivity index (χ1n) is 7.64. The standard InChI is InChI=1S/C16H36N2/c1-13(2)12-18(14(3)4)15(5)10-9-11-17-16(6,7)8/h13-15,17H,9-12H2,1-8H3. The van der Waals surface area contributed by atoms with Crippen LogP contribution in [0.5, 0.6) is 0 Å². The van der Waals surface area contributed by atoms with Crippen LogP contribution in [-0.2, 0) is 0 Å². The van der Waals surface area contributed by atoms with Gasteiger partial charge in [0.25, 0.3) is 0 Å². The predicted molar refractivity (Wildman–Crippen MR) is 83.1 cm³/mol. The van der Waals surface area contributed by atoms with Crippen molar-refractivity contribution in [3.63, 3.8) is 0 Å². The number of rotatable bonds is 8. The van der Waals surface area contributed by atoms with E-state index in [1.54, 1.807) is 0 Å². The van der Waals surface area contributed by atoms with Crippen LogP contribution in [0.25, 0.3) is 0 Å². The van der Waals surface area contributed by atoms with Crippen molar-refractivity contribution in [2.45, 2.75) is 85.9 Å². The molecule has 1 N–H and O–H groups in total. The van der Waals surface area contributed by atoms with E-state index in [2.05, 4.69) is 65.6 Å². The van der Waals surface area contributed by atoms with E-state index in [1.165, 1.54) is 19.4 Å². The van der Waals surface area contributed by atoms with E-state index in [4.69, 9.17) is 0 Å². The number of nitrogens with one attached hydrogen (secondary N) is 1. The van der Waals surface area contributed by atoms with Gasteiger partial charge in [0.05, 0.1) is 0 Å². The summed E-state index contributed by atoms with van der Waals surface area (Å²) in [4.78, 5) is 2.64. The molecule has 0 radical (unpaired) electrons. The van der Waals surface area contributed by atoms with E-state index in [9.17, 15) is 0 Å². The van der Waals surface area contributed by atoms with Crippen LogP contribution in [0.2, 0.25) is 0 Å². The molecule has 0 aliphatic carbocycles. The van der Waals surface area contributed by atoms with E-state index in [1.807, 2.05) is 0 Å². The lowest BCUT2D eigenvalue weighted by atomic mass is 10.1. The Bertz CT molecular complexity index is 204. The SMILES string of the molecule is CC(C)CN(C(C)C)C(C)CCCNC(C)(C)C. The Morgan fingerprint density at radius 3 is 1.94 bits per heavy atom. The van der Waals surface area contributed by atoms with Gasteiger partial charge >= 0.3 is 0 Å². The second-order valence-electron chi connectivity index (χ2n) is 7.35. The molecule has 0 aromatic heterocycles. The third-order valence-corrected chi connectivity index (χ3v) is 3.26. The summed E-state index contributed by atoms with van der Waals surface area (Å²) in [6.45, 7) is 20.7. The van der Waals surface area contributed by atoms with Gasteiger partial charge in [0.15, 0.2) is 0 Å². The van der Waals surface area contributed by atoms with Gasteiger partial charge in [0.2, 0.25) is 0 Å². The van der Waals surface area contributed by atoms with Crippen molar-refractivity contribution >= 4 is 0 Å². The van der Waals surface area contributed by atoms with E-state index < -0.39 is 0 Å². The molecule has 0 aromatic carbocycles. The fourth-order valence-corrected chi connectivity index (χ4v) is 2.35. The zero-order chi connectivity index (χ0) is 14.3. The summed E-state index contributed by atoms with van der Waals surface area (Å²) in [5.41, 5.74) is 0.249. The third-order valence-electron chi connectivity index (χ3n) is 3.26. The molecule has 0 bridgehead atoms. The molecule has 2 heteroatoms. The fraction of sp³-hybridized carbons (Fsp3) is 1.00. The maximum absolute atomic E-state index is 3.57. The Balaban J connectivity index is 4.00. The van der Waals surface area contributed by atoms with Crippen LogP contribution in [0.3, 0.4) is 0 Å². The molecule has 2 nitrogen and oxygen atoms in total. The maximum atomic E-state index is 3.57. The van der Waals surface area contributed by atoms with Gasteiger partial charge < -0.3 is 5.32 Å². The molecule has 0 aromatic rings. The molecule has 0 fully saturated rings. The molecule has 0 rings (SSSR count). The van der Waals surface area contributed by atoms with Crippen molar-refractivity contribution in [1.82, 2.24) is 10.2 Å². The Morgan fingerprint density at radius 1 is 1.00 bits per heavy atom. The van der Waals surface area contributed by atoms with E-state index in [0.717, 1.165) is 12.5 Å². The van der Waals surface area contributed by atoms with Crippen LogP contribution >= 0.6 is 0 Å². The van der Waals surface area contributed by atoms with Gasteiger partial charge in [-0.05, 0) is 66.8 Å². The summed E-state index contributed by atoms with van der Waals surface area (Å²) < 4.78 is 0. The smallest absolute Gasteiger partial charge is 0.00965 e. The zero-order valence-electron chi connectivity index (χ0n) is 14.0. The van der Waals surface area contributed by atoms with Crippen molar-refractivity contribution in [3.05, 3.63) is 0 Å². The highest BCUT2D eigenvalue weighted by atomic mass is 15.2. The largest absolute Gasteiger partial charge is 0.312 e. The highest BCUT2D eigenvalue weighted by Crippen LogP contribution is 2.13. The summed E-state index contributed by atoms with van der Waals surface area (Å²) in [6, 6.07) is 1.34. The summed E-state index contributed by atoms with van der Waals surface area (Å²) in [5.74, 6) is 0.752. The van der Waals surface area contributed by atoms with Crippen molar-refractivity contribution in [2.75, 3.05) is 13.1 Å². The van der Waals surface area contributed by atoms with Crippen LogP contribution in [0.4, 0.5) is 0 Å². The Kier molecular flexibility index (Phi) is 8.13. The Morgan fingerprint density at radius 2 is 1.56 bits per heavy atom. The van der Waals surface area contributed by atoms with Crippen LogP contribution < -0.4 is 5.32 Å². The van der Waals surface area contributed by atoms with Crippen molar-refractivity contribution < 1.29 is 0 Å². The molecule has 1 unspecified atom stereocenters. The zero-order valence-corrected chi connectivity index (χ0v) is 14.0. The van der Waals surface area contributed by atoms with Crippen LogP contribution in [0, 0.1) is 5.92 Å². The summed E-state index contributed by atoms with van der Waals surface area (Å²) in [5, 5.41) is 3.57. The molecule has 0 saturated heterocycles. The van der Waals surface area contributed by atoms with Gasteiger partial charge in [0.1, 0.15) is 0 Å². The minimum atomic E-state index is 0.249. The average molecular weight is 256 g/mol. The van der Waals surface area contributed by atoms with Gasteiger partial charge in [-0.3, -0.25) is 4.90 Å². The second kappa shape index (κ2) is 8.16. The highest BCUT2D eigenvalue weighted by molar-refractivity contribution is 4.74. The summed E-state index contributed by atoms with van der Waals surface area (Å²) >= 11 is 0. The predicted octanol–water partition coefficient (Wildman–Crippen LogP) is 3.91. The minimum absolute atomic E-state index is 0.249. The van der Waals surface area contributed by atoms with Gasteiger partial charge in [-0.2, -0.15) is 0 Å². The molecule has 110 valence electrons. The molecule has 0 saturated carbocycles. The van der Waals surface area contributed by atoms with Crippen molar-refractivity contribution in [3.8, 4) is 0 Å². The molecule has 1 atom stereocenters. The molecule has 0 amide bonds. The Labute approximate surface area is 116 Å². The molecular formula is C16H36N2.